The van der Waals surface area contributed by atoms with Crippen LogP contribution < -0.4 is 0 Å². The van der Waals surface area contributed by atoms with Crippen LogP contribution in [0.5, 0.6) is 0 Å². The van der Waals surface area contributed by atoms with Crippen LogP contribution in [-0.2, 0) is 13.1 Å². The smallest absolute Gasteiger partial charge is 0.230 e. The molecule has 90 valence electrons. The van der Waals surface area contributed by atoms with E-state index < -0.39 is 0 Å². The highest BCUT2D eigenvalue weighted by molar-refractivity contribution is 5.16. The predicted molar refractivity (Wildman–Crippen MR) is 60.6 cm³/mol. The first-order valence-corrected chi connectivity index (χ1v) is 5.35. The summed E-state index contributed by atoms with van der Waals surface area (Å²) in [7, 11) is 1.92. The van der Waals surface area contributed by atoms with Crippen molar-refractivity contribution in [3.05, 3.63) is 47.4 Å². The summed E-state index contributed by atoms with van der Waals surface area (Å²) >= 11 is 0. The number of aromatic nitrogens is 2. The van der Waals surface area contributed by atoms with Crippen LogP contribution in [0.15, 0.2) is 28.7 Å². The van der Waals surface area contributed by atoms with E-state index in [0.29, 0.717) is 24.9 Å². The second kappa shape index (κ2) is 5.05. The molecule has 0 bridgehead atoms. The molecule has 0 saturated carbocycles. The van der Waals surface area contributed by atoms with Crippen molar-refractivity contribution in [3.63, 3.8) is 0 Å². The van der Waals surface area contributed by atoms with E-state index in [-0.39, 0.29) is 5.82 Å². The molecule has 0 aliphatic rings. The Morgan fingerprint density at radius 3 is 2.76 bits per heavy atom. The van der Waals surface area contributed by atoms with E-state index in [2.05, 4.69) is 10.2 Å². The van der Waals surface area contributed by atoms with E-state index in [1.807, 2.05) is 18.0 Å². The first kappa shape index (κ1) is 11.7. The molecular weight excluding hydrogens is 221 g/mol. The van der Waals surface area contributed by atoms with Crippen molar-refractivity contribution in [1.82, 2.24) is 15.1 Å². The number of aryl methyl sites for hydroxylation is 1. The molecule has 4 nitrogen and oxygen atoms in total. The van der Waals surface area contributed by atoms with Gasteiger partial charge in [-0.15, -0.1) is 10.2 Å². The molecule has 5 heteroatoms. The molecule has 0 unspecified atom stereocenters. The molecule has 0 N–H and O–H groups in total. The van der Waals surface area contributed by atoms with Crippen LogP contribution in [0, 0.1) is 12.7 Å². The maximum absolute atomic E-state index is 13.0. The van der Waals surface area contributed by atoms with E-state index in [1.54, 1.807) is 13.0 Å². The summed E-state index contributed by atoms with van der Waals surface area (Å²) in [6, 6.07) is 6.55. The summed E-state index contributed by atoms with van der Waals surface area (Å²) in [5, 5.41) is 7.67. The highest BCUT2D eigenvalue weighted by Crippen LogP contribution is 2.08. The van der Waals surface area contributed by atoms with Crippen LogP contribution in [0.1, 0.15) is 17.3 Å². The lowest BCUT2D eigenvalue weighted by Gasteiger charge is -2.14. The van der Waals surface area contributed by atoms with Crippen molar-refractivity contribution in [2.45, 2.75) is 20.0 Å². The van der Waals surface area contributed by atoms with Crippen LogP contribution in [0.4, 0.5) is 4.39 Å². The van der Waals surface area contributed by atoms with Crippen LogP contribution in [-0.4, -0.2) is 22.1 Å². The van der Waals surface area contributed by atoms with Crippen molar-refractivity contribution < 1.29 is 8.81 Å². The molecule has 1 aromatic heterocycles. The molecule has 0 fully saturated rings. The molecule has 0 atom stereocenters. The second-order valence-corrected chi connectivity index (χ2v) is 4.02. The van der Waals surface area contributed by atoms with E-state index in [4.69, 9.17) is 4.42 Å². The second-order valence-electron chi connectivity index (χ2n) is 4.02. The minimum atomic E-state index is -0.218. The van der Waals surface area contributed by atoms with Crippen LogP contribution in [0.3, 0.4) is 0 Å². The monoisotopic (exact) mass is 235 g/mol. The summed E-state index contributed by atoms with van der Waals surface area (Å²) in [4.78, 5) is 1.99. The molecule has 17 heavy (non-hydrogen) atoms. The quantitative estimate of drug-likeness (QED) is 0.814. The Kier molecular flexibility index (Phi) is 3.49. The largest absolute Gasteiger partial charge is 0.424 e. The summed E-state index contributed by atoms with van der Waals surface area (Å²) in [5.74, 6) is 0.907. The first-order valence-electron chi connectivity index (χ1n) is 5.35. The van der Waals surface area contributed by atoms with Crippen LogP contribution >= 0.6 is 0 Å². The van der Waals surface area contributed by atoms with Crippen molar-refractivity contribution in [2.75, 3.05) is 7.05 Å². The standard InChI is InChI=1S/C12H14FN3O/c1-9-14-15-12(17-9)8-16(2)7-10-4-3-5-11(13)6-10/h3-6H,7-8H2,1-2H3. The maximum Gasteiger partial charge on any atom is 0.230 e. The summed E-state index contributed by atoms with van der Waals surface area (Å²) in [5.41, 5.74) is 0.920. The highest BCUT2D eigenvalue weighted by atomic mass is 19.1. The van der Waals surface area contributed by atoms with Crippen LogP contribution in [0.2, 0.25) is 0 Å². The number of halogens is 1. The van der Waals surface area contributed by atoms with Crippen molar-refractivity contribution >= 4 is 0 Å². The maximum atomic E-state index is 13.0. The average Bonchev–Trinajstić information content (AvgIpc) is 2.63. The van der Waals surface area contributed by atoms with Gasteiger partial charge in [0.25, 0.3) is 0 Å². The predicted octanol–water partition coefficient (Wildman–Crippen LogP) is 2.15. The number of benzene rings is 1. The van der Waals surface area contributed by atoms with Gasteiger partial charge < -0.3 is 4.42 Å². The minimum Gasteiger partial charge on any atom is -0.424 e. The number of hydrogen-bond acceptors (Lipinski definition) is 4. The first-order chi connectivity index (χ1) is 8.13. The van der Waals surface area contributed by atoms with Gasteiger partial charge in [-0.2, -0.15) is 0 Å². The minimum absolute atomic E-state index is 0.218. The molecule has 2 aromatic rings. The van der Waals surface area contributed by atoms with Crippen molar-refractivity contribution in [1.29, 1.82) is 0 Å². The zero-order valence-corrected chi connectivity index (χ0v) is 9.85. The Balaban J connectivity index is 1.95. The molecule has 0 aliphatic carbocycles. The summed E-state index contributed by atoms with van der Waals surface area (Å²) in [6.07, 6.45) is 0. The van der Waals surface area contributed by atoms with Gasteiger partial charge in [-0.25, -0.2) is 4.39 Å². The Labute approximate surface area is 99.1 Å². The van der Waals surface area contributed by atoms with Gasteiger partial charge in [0.1, 0.15) is 5.82 Å². The Hall–Kier alpha value is -1.75. The zero-order chi connectivity index (χ0) is 12.3. The number of nitrogens with zero attached hydrogens (tertiary/aromatic N) is 3. The normalized spacial score (nSPS) is 11.1. The topological polar surface area (TPSA) is 42.2 Å². The number of hydrogen-bond donors (Lipinski definition) is 0. The Morgan fingerprint density at radius 2 is 2.12 bits per heavy atom. The fourth-order valence-corrected chi connectivity index (χ4v) is 1.64. The fraction of sp³-hybridized carbons (Fsp3) is 0.333. The lowest BCUT2D eigenvalue weighted by molar-refractivity contribution is 0.278. The van der Waals surface area contributed by atoms with E-state index in [9.17, 15) is 4.39 Å². The van der Waals surface area contributed by atoms with Gasteiger partial charge in [-0.3, -0.25) is 4.90 Å². The highest BCUT2D eigenvalue weighted by Gasteiger charge is 2.07. The average molecular weight is 235 g/mol. The third-order valence-electron chi connectivity index (χ3n) is 2.31. The van der Waals surface area contributed by atoms with Crippen molar-refractivity contribution in [3.8, 4) is 0 Å². The van der Waals surface area contributed by atoms with Gasteiger partial charge in [-0.1, -0.05) is 12.1 Å². The molecule has 0 amide bonds. The van der Waals surface area contributed by atoms with Gasteiger partial charge in [0.05, 0.1) is 6.54 Å². The summed E-state index contributed by atoms with van der Waals surface area (Å²) < 4.78 is 18.3. The van der Waals surface area contributed by atoms with E-state index in [1.165, 1.54) is 12.1 Å². The lowest BCUT2D eigenvalue weighted by atomic mass is 10.2. The molecule has 0 aliphatic heterocycles. The van der Waals surface area contributed by atoms with Gasteiger partial charge in [-0.05, 0) is 24.7 Å². The molecule has 0 radical (unpaired) electrons. The van der Waals surface area contributed by atoms with E-state index in [0.717, 1.165) is 5.56 Å². The van der Waals surface area contributed by atoms with Gasteiger partial charge >= 0.3 is 0 Å². The van der Waals surface area contributed by atoms with Gasteiger partial charge in [0, 0.05) is 13.5 Å². The Bertz CT molecular complexity index is 498. The zero-order valence-electron chi connectivity index (χ0n) is 9.85. The molecule has 2 rings (SSSR count). The van der Waals surface area contributed by atoms with Crippen LogP contribution in [0.25, 0.3) is 0 Å². The third-order valence-corrected chi connectivity index (χ3v) is 2.31. The third kappa shape index (κ3) is 3.35. The number of rotatable bonds is 4. The fourth-order valence-electron chi connectivity index (χ4n) is 1.64. The van der Waals surface area contributed by atoms with E-state index >= 15 is 0 Å². The molecule has 1 aromatic carbocycles. The Morgan fingerprint density at radius 1 is 1.29 bits per heavy atom. The molecule has 1 heterocycles. The van der Waals surface area contributed by atoms with Gasteiger partial charge in [0.2, 0.25) is 11.8 Å². The SMILES string of the molecule is Cc1nnc(CN(C)Cc2cccc(F)c2)o1. The molecule has 0 spiro atoms. The lowest BCUT2D eigenvalue weighted by Crippen LogP contribution is -2.17. The molecule has 0 saturated heterocycles. The summed E-state index contributed by atoms with van der Waals surface area (Å²) in [6.45, 7) is 2.94. The van der Waals surface area contributed by atoms with Crippen molar-refractivity contribution in [2.24, 2.45) is 0 Å². The van der Waals surface area contributed by atoms with Gasteiger partial charge in [0.15, 0.2) is 0 Å². The molecular formula is C12H14FN3O.